The summed E-state index contributed by atoms with van der Waals surface area (Å²) in [6.07, 6.45) is 1.86. The summed E-state index contributed by atoms with van der Waals surface area (Å²) in [5, 5.41) is 9.57. The van der Waals surface area contributed by atoms with Crippen LogP contribution < -0.4 is 14.9 Å². The normalized spacial score (nSPS) is 11.1. The molecule has 0 spiro atoms. The summed E-state index contributed by atoms with van der Waals surface area (Å²) in [7, 11) is 5.02. The summed E-state index contributed by atoms with van der Waals surface area (Å²) in [6, 6.07) is 23.7. The first kappa shape index (κ1) is 20.1. The van der Waals surface area contributed by atoms with Gasteiger partial charge in [0.05, 0.1) is 12.8 Å². The van der Waals surface area contributed by atoms with Crippen molar-refractivity contribution in [1.82, 2.24) is 0 Å². The van der Waals surface area contributed by atoms with Crippen molar-refractivity contribution in [3.8, 4) is 0 Å². The molecule has 3 aromatic rings. The van der Waals surface area contributed by atoms with Gasteiger partial charge in [0.1, 0.15) is 7.05 Å². The van der Waals surface area contributed by atoms with Crippen LogP contribution in [0.5, 0.6) is 0 Å². The highest BCUT2D eigenvalue weighted by molar-refractivity contribution is 6.42. The highest BCUT2D eigenvalue weighted by Crippen LogP contribution is 2.18. The number of hydrazone groups is 1. The SMILES string of the molecule is COC(=O)/C(=N\N(C)c1ccc(NCc2ccccc2)cc1)c1cccc[n+]1C. The van der Waals surface area contributed by atoms with Gasteiger partial charge in [0, 0.05) is 31.4 Å². The van der Waals surface area contributed by atoms with E-state index in [2.05, 4.69) is 22.6 Å². The highest BCUT2D eigenvalue weighted by Gasteiger charge is 2.24. The van der Waals surface area contributed by atoms with Gasteiger partial charge in [0.25, 0.3) is 0 Å². The van der Waals surface area contributed by atoms with Gasteiger partial charge in [-0.2, -0.15) is 9.67 Å². The molecule has 0 bridgehead atoms. The Balaban J connectivity index is 1.76. The molecule has 6 nitrogen and oxygen atoms in total. The van der Waals surface area contributed by atoms with Crippen molar-refractivity contribution in [2.45, 2.75) is 6.54 Å². The largest absolute Gasteiger partial charge is 0.464 e. The molecule has 29 heavy (non-hydrogen) atoms. The zero-order valence-corrected chi connectivity index (χ0v) is 16.9. The minimum atomic E-state index is -0.486. The molecule has 0 fully saturated rings. The Labute approximate surface area is 171 Å². The number of nitrogens with zero attached hydrogens (tertiary/aromatic N) is 3. The topological polar surface area (TPSA) is 57.8 Å². The number of hydrogen-bond donors (Lipinski definition) is 1. The van der Waals surface area contributed by atoms with Gasteiger partial charge in [-0.1, -0.05) is 30.3 Å². The first-order chi connectivity index (χ1) is 14.1. The Morgan fingerprint density at radius 2 is 1.72 bits per heavy atom. The highest BCUT2D eigenvalue weighted by atomic mass is 16.5. The molecule has 6 heteroatoms. The van der Waals surface area contributed by atoms with Crippen molar-refractivity contribution in [2.75, 3.05) is 24.5 Å². The summed E-state index contributed by atoms with van der Waals surface area (Å²) in [5.41, 5.74) is 4.00. The van der Waals surface area contributed by atoms with Crippen LogP contribution >= 0.6 is 0 Å². The number of ether oxygens (including phenoxy) is 1. The fourth-order valence-corrected chi connectivity index (χ4v) is 2.87. The van der Waals surface area contributed by atoms with Crippen LogP contribution in [-0.2, 0) is 23.1 Å². The maximum absolute atomic E-state index is 12.3. The number of aryl methyl sites for hydroxylation is 1. The van der Waals surface area contributed by atoms with Gasteiger partial charge in [-0.3, -0.25) is 5.01 Å². The van der Waals surface area contributed by atoms with Gasteiger partial charge in [-0.05, 0) is 35.9 Å². The maximum Gasteiger partial charge on any atom is 0.365 e. The van der Waals surface area contributed by atoms with Gasteiger partial charge >= 0.3 is 5.97 Å². The molecular weight excluding hydrogens is 364 g/mol. The Hall–Kier alpha value is -3.67. The first-order valence-electron chi connectivity index (χ1n) is 9.32. The molecule has 0 radical (unpaired) electrons. The Kier molecular flexibility index (Phi) is 6.58. The van der Waals surface area contributed by atoms with Gasteiger partial charge in [0.15, 0.2) is 6.20 Å². The number of pyridine rings is 1. The Morgan fingerprint density at radius 1 is 1.03 bits per heavy atom. The lowest BCUT2D eigenvalue weighted by molar-refractivity contribution is -0.672. The van der Waals surface area contributed by atoms with Crippen LogP contribution in [0.25, 0.3) is 0 Å². The van der Waals surface area contributed by atoms with Crippen LogP contribution in [-0.4, -0.2) is 25.8 Å². The smallest absolute Gasteiger partial charge is 0.365 e. The number of nitrogens with one attached hydrogen (secondary N) is 1. The predicted octanol–water partition coefficient (Wildman–Crippen LogP) is 3.14. The second-order valence-corrected chi connectivity index (χ2v) is 6.55. The van der Waals surface area contributed by atoms with Gasteiger partial charge in [-0.15, -0.1) is 0 Å². The van der Waals surface area contributed by atoms with E-state index in [4.69, 9.17) is 4.74 Å². The molecular formula is C23H25N4O2+. The third kappa shape index (κ3) is 5.19. The summed E-state index contributed by atoms with van der Waals surface area (Å²) in [6.45, 7) is 0.755. The van der Waals surface area contributed by atoms with Crippen LogP contribution in [0, 0.1) is 0 Å². The van der Waals surface area contributed by atoms with Crippen molar-refractivity contribution in [3.63, 3.8) is 0 Å². The van der Waals surface area contributed by atoms with Crippen molar-refractivity contribution in [2.24, 2.45) is 12.1 Å². The molecule has 1 aromatic heterocycles. The molecule has 148 valence electrons. The van der Waals surface area contributed by atoms with Crippen molar-refractivity contribution >= 4 is 23.1 Å². The number of esters is 1. The molecule has 0 amide bonds. The van der Waals surface area contributed by atoms with Crippen molar-refractivity contribution < 1.29 is 14.1 Å². The number of carbonyl (C=O) groups is 1. The van der Waals surface area contributed by atoms with Crippen LogP contribution in [0.3, 0.4) is 0 Å². The van der Waals surface area contributed by atoms with Crippen LogP contribution in [0.15, 0.2) is 84.1 Å². The quantitative estimate of drug-likeness (QED) is 0.292. The van der Waals surface area contributed by atoms with E-state index in [-0.39, 0.29) is 5.71 Å². The summed E-state index contributed by atoms with van der Waals surface area (Å²) in [5.74, 6) is -0.486. The molecule has 2 aromatic carbocycles. The third-order valence-electron chi connectivity index (χ3n) is 4.51. The number of rotatable bonds is 7. The Bertz CT molecular complexity index is 985. The molecule has 1 N–H and O–H groups in total. The lowest BCUT2D eigenvalue weighted by atomic mass is 10.2. The van der Waals surface area contributed by atoms with Crippen LogP contribution in [0.2, 0.25) is 0 Å². The van der Waals surface area contributed by atoms with Crippen LogP contribution in [0.4, 0.5) is 11.4 Å². The number of benzene rings is 2. The molecule has 0 aliphatic heterocycles. The van der Waals surface area contributed by atoms with E-state index in [1.165, 1.54) is 12.7 Å². The number of anilines is 2. The third-order valence-corrected chi connectivity index (χ3v) is 4.51. The number of carbonyl (C=O) groups excluding carboxylic acids is 1. The second-order valence-electron chi connectivity index (χ2n) is 6.55. The van der Waals surface area contributed by atoms with Crippen molar-refractivity contribution in [3.05, 3.63) is 90.3 Å². The molecule has 0 aliphatic carbocycles. The van der Waals surface area contributed by atoms with E-state index in [0.717, 1.165) is 17.9 Å². The van der Waals surface area contributed by atoms with E-state index in [9.17, 15) is 4.79 Å². The average molecular weight is 389 g/mol. The van der Waals surface area contributed by atoms with Gasteiger partial charge < -0.3 is 10.1 Å². The summed E-state index contributed by atoms with van der Waals surface area (Å²) < 4.78 is 6.77. The fourth-order valence-electron chi connectivity index (χ4n) is 2.87. The number of methoxy groups -OCH3 is 1. The fraction of sp³-hybridized carbons (Fsp3) is 0.174. The van der Waals surface area contributed by atoms with Gasteiger partial charge in [-0.25, -0.2) is 4.79 Å². The molecule has 3 rings (SSSR count). The van der Waals surface area contributed by atoms with E-state index in [1.807, 2.05) is 78.5 Å². The monoisotopic (exact) mass is 389 g/mol. The molecule has 0 unspecified atom stereocenters. The van der Waals surface area contributed by atoms with Crippen LogP contribution in [0.1, 0.15) is 11.3 Å². The van der Waals surface area contributed by atoms with E-state index >= 15 is 0 Å². The molecule has 0 saturated heterocycles. The molecule has 0 saturated carbocycles. The maximum atomic E-state index is 12.3. The van der Waals surface area contributed by atoms with E-state index in [1.54, 1.807) is 12.1 Å². The number of hydrogen-bond acceptors (Lipinski definition) is 5. The summed E-state index contributed by atoms with van der Waals surface area (Å²) >= 11 is 0. The number of aromatic nitrogens is 1. The minimum Gasteiger partial charge on any atom is -0.464 e. The first-order valence-corrected chi connectivity index (χ1v) is 9.32. The second kappa shape index (κ2) is 9.50. The van der Waals surface area contributed by atoms with Crippen molar-refractivity contribution in [1.29, 1.82) is 0 Å². The predicted molar refractivity (Wildman–Crippen MR) is 115 cm³/mol. The molecule has 0 aliphatic rings. The van der Waals surface area contributed by atoms with Gasteiger partial charge in [0.2, 0.25) is 11.4 Å². The Morgan fingerprint density at radius 3 is 2.38 bits per heavy atom. The lowest BCUT2D eigenvalue weighted by Crippen LogP contribution is -2.39. The zero-order chi connectivity index (χ0) is 20.6. The summed E-state index contributed by atoms with van der Waals surface area (Å²) in [4.78, 5) is 12.3. The molecule has 0 atom stereocenters. The lowest BCUT2D eigenvalue weighted by Gasteiger charge is -2.15. The average Bonchev–Trinajstić information content (AvgIpc) is 2.77. The molecule has 1 heterocycles. The minimum absolute atomic E-state index is 0.240. The van der Waals surface area contributed by atoms with E-state index in [0.29, 0.717) is 5.69 Å². The zero-order valence-electron chi connectivity index (χ0n) is 16.9. The standard InChI is InChI=1S/C23H25N4O2/c1-26-16-8-7-11-21(26)22(23(28)29-3)25-27(2)20-14-12-19(13-15-20)24-17-18-9-5-4-6-10-18/h4-16,24H,17H2,1-3H3/q+1. The van der Waals surface area contributed by atoms with E-state index < -0.39 is 5.97 Å².